The minimum atomic E-state index is -0.168. The summed E-state index contributed by atoms with van der Waals surface area (Å²) in [5.74, 6) is 0.535. The summed E-state index contributed by atoms with van der Waals surface area (Å²) < 4.78 is 5.82. The number of piperidine rings is 1. The van der Waals surface area contributed by atoms with E-state index in [1.54, 1.807) is 0 Å². The summed E-state index contributed by atoms with van der Waals surface area (Å²) in [6.07, 6.45) is 3.82. The fraction of sp³-hybridized carbons (Fsp3) is 0.240. The maximum absolute atomic E-state index is 12.4. The first-order valence-electron chi connectivity index (χ1n) is 10.2. The van der Waals surface area contributed by atoms with Crippen molar-refractivity contribution in [2.75, 3.05) is 29.9 Å². The van der Waals surface area contributed by atoms with Gasteiger partial charge in [-0.3, -0.25) is 4.79 Å². The van der Waals surface area contributed by atoms with Gasteiger partial charge in [0.2, 0.25) is 0 Å². The van der Waals surface area contributed by atoms with Crippen LogP contribution in [-0.4, -0.2) is 25.6 Å². The molecule has 1 N–H and O–H groups in total. The van der Waals surface area contributed by atoms with Crippen LogP contribution in [0.25, 0.3) is 11.1 Å². The lowest BCUT2D eigenvalue weighted by atomic mass is 10.1. The van der Waals surface area contributed by atoms with Crippen LogP contribution in [0.3, 0.4) is 0 Å². The highest BCUT2D eigenvalue weighted by atomic mass is 16.5. The summed E-state index contributed by atoms with van der Waals surface area (Å²) in [6, 6.07) is 25.9. The molecule has 0 aromatic heterocycles. The van der Waals surface area contributed by atoms with Gasteiger partial charge in [0, 0.05) is 30.0 Å². The number of nitrogens with one attached hydrogen (secondary N) is 1. The van der Waals surface area contributed by atoms with Crippen molar-refractivity contribution in [2.45, 2.75) is 19.3 Å². The molecule has 1 aliphatic heterocycles. The highest BCUT2D eigenvalue weighted by Crippen LogP contribution is 2.29. The highest BCUT2D eigenvalue weighted by Gasteiger charge is 2.12. The van der Waals surface area contributed by atoms with Crippen LogP contribution in [0.1, 0.15) is 19.3 Å². The van der Waals surface area contributed by atoms with Gasteiger partial charge in [-0.25, -0.2) is 0 Å². The Labute approximate surface area is 172 Å². The van der Waals surface area contributed by atoms with E-state index in [-0.39, 0.29) is 12.5 Å². The van der Waals surface area contributed by atoms with Crippen molar-refractivity contribution in [3.8, 4) is 16.9 Å². The van der Waals surface area contributed by atoms with E-state index in [0.29, 0.717) is 5.75 Å². The molecule has 1 fully saturated rings. The number of amides is 1. The third-order valence-corrected chi connectivity index (χ3v) is 5.20. The number of carbonyl (C=O) groups is 1. The number of nitrogens with zero attached hydrogens (tertiary/aromatic N) is 1. The molecule has 1 saturated heterocycles. The molecule has 4 heteroatoms. The first-order chi connectivity index (χ1) is 14.3. The van der Waals surface area contributed by atoms with E-state index in [1.807, 2.05) is 66.7 Å². The van der Waals surface area contributed by atoms with Crippen molar-refractivity contribution in [1.29, 1.82) is 0 Å². The van der Waals surface area contributed by atoms with Gasteiger partial charge < -0.3 is 15.0 Å². The smallest absolute Gasteiger partial charge is 0.262 e. The van der Waals surface area contributed by atoms with Gasteiger partial charge in [-0.05, 0) is 55.2 Å². The van der Waals surface area contributed by atoms with Crippen LogP contribution >= 0.6 is 0 Å². The number of hydrogen-bond acceptors (Lipinski definition) is 3. The van der Waals surface area contributed by atoms with Crippen LogP contribution in [0.4, 0.5) is 11.4 Å². The summed E-state index contributed by atoms with van der Waals surface area (Å²) in [5.41, 5.74) is 4.05. The molecule has 29 heavy (non-hydrogen) atoms. The van der Waals surface area contributed by atoms with Crippen molar-refractivity contribution in [2.24, 2.45) is 0 Å². The Morgan fingerprint density at radius 3 is 2.28 bits per heavy atom. The molecular formula is C25H26N2O2. The van der Waals surface area contributed by atoms with Gasteiger partial charge in [-0.2, -0.15) is 0 Å². The second-order valence-electron chi connectivity index (χ2n) is 7.29. The van der Waals surface area contributed by atoms with Crippen molar-refractivity contribution >= 4 is 17.3 Å². The third kappa shape index (κ3) is 4.96. The molecule has 0 atom stereocenters. The lowest BCUT2D eigenvalue weighted by Crippen LogP contribution is -2.29. The fourth-order valence-electron chi connectivity index (χ4n) is 3.70. The van der Waals surface area contributed by atoms with Gasteiger partial charge in [-0.1, -0.05) is 48.5 Å². The minimum Gasteiger partial charge on any atom is -0.483 e. The Kier molecular flexibility index (Phi) is 6.10. The number of hydrogen-bond donors (Lipinski definition) is 1. The van der Waals surface area contributed by atoms with Crippen molar-refractivity contribution < 1.29 is 9.53 Å². The van der Waals surface area contributed by atoms with Crippen molar-refractivity contribution in [3.05, 3.63) is 78.9 Å². The predicted octanol–water partition coefficient (Wildman–Crippen LogP) is 5.36. The molecule has 1 amide bonds. The standard InChI is InChI=1S/C25H26N2O2/c28-25(26-21-13-15-22(16-14-21)27-17-7-2-8-18-27)19-29-24-12-6-5-11-23(24)20-9-3-1-4-10-20/h1,3-6,9-16H,2,7-8,17-19H2,(H,26,28). The molecule has 0 unspecified atom stereocenters. The van der Waals surface area contributed by atoms with E-state index in [9.17, 15) is 4.79 Å². The maximum Gasteiger partial charge on any atom is 0.262 e. The average molecular weight is 386 g/mol. The zero-order valence-electron chi connectivity index (χ0n) is 16.5. The van der Waals surface area contributed by atoms with Crippen LogP contribution in [-0.2, 0) is 4.79 Å². The first-order valence-corrected chi connectivity index (χ1v) is 10.2. The lowest BCUT2D eigenvalue weighted by Gasteiger charge is -2.28. The summed E-state index contributed by atoms with van der Waals surface area (Å²) in [4.78, 5) is 14.8. The molecule has 3 aromatic carbocycles. The zero-order chi connectivity index (χ0) is 19.9. The summed E-state index contributed by atoms with van der Waals surface area (Å²) in [6.45, 7) is 2.19. The second kappa shape index (κ2) is 9.28. The molecule has 4 nitrogen and oxygen atoms in total. The predicted molar refractivity (Wildman–Crippen MR) is 119 cm³/mol. The quantitative estimate of drug-likeness (QED) is 0.620. The molecular weight excluding hydrogens is 360 g/mol. The van der Waals surface area contributed by atoms with Gasteiger partial charge in [0.1, 0.15) is 5.75 Å². The molecule has 0 bridgehead atoms. The number of anilines is 2. The monoisotopic (exact) mass is 386 g/mol. The van der Waals surface area contributed by atoms with Crippen LogP contribution in [0, 0.1) is 0 Å². The van der Waals surface area contributed by atoms with Crippen molar-refractivity contribution in [1.82, 2.24) is 0 Å². The van der Waals surface area contributed by atoms with Crippen LogP contribution in [0.2, 0.25) is 0 Å². The Morgan fingerprint density at radius 2 is 1.52 bits per heavy atom. The van der Waals surface area contributed by atoms with E-state index in [4.69, 9.17) is 4.74 Å². The maximum atomic E-state index is 12.4. The van der Waals surface area contributed by atoms with E-state index in [1.165, 1.54) is 24.9 Å². The Bertz CT molecular complexity index is 933. The van der Waals surface area contributed by atoms with E-state index < -0.39 is 0 Å². The molecule has 0 radical (unpaired) electrons. The SMILES string of the molecule is O=C(COc1ccccc1-c1ccccc1)Nc1ccc(N2CCCCC2)cc1. The Morgan fingerprint density at radius 1 is 0.828 bits per heavy atom. The third-order valence-electron chi connectivity index (χ3n) is 5.20. The molecule has 0 saturated carbocycles. The summed E-state index contributed by atoms with van der Waals surface area (Å²) in [7, 11) is 0. The largest absolute Gasteiger partial charge is 0.483 e. The number of rotatable bonds is 6. The molecule has 0 aliphatic carbocycles. The van der Waals surface area contributed by atoms with Crippen molar-refractivity contribution in [3.63, 3.8) is 0 Å². The average Bonchev–Trinajstić information content (AvgIpc) is 2.80. The van der Waals surface area contributed by atoms with Crippen LogP contribution in [0.15, 0.2) is 78.9 Å². The fourth-order valence-corrected chi connectivity index (χ4v) is 3.70. The molecule has 1 aliphatic rings. The lowest BCUT2D eigenvalue weighted by molar-refractivity contribution is -0.118. The molecule has 1 heterocycles. The van der Waals surface area contributed by atoms with Gasteiger partial charge in [0.25, 0.3) is 5.91 Å². The van der Waals surface area contributed by atoms with Gasteiger partial charge in [0.15, 0.2) is 6.61 Å². The molecule has 3 aromatic rings. The van der Waals surface area contributed by atoms with Gasteiger partial charge in [-0.15, -0.1) is 0 Å². The van der Waals surface area contributed by atoms with E-state index >= 15 is 0 Å². The number of carbonyl (C=O) groups excluding carboxylic acids is 1. The van der Waals surface area contributed by atoms with E-state index in [2.05, 4.69) is 22.3 Å². The topological polar surface area (TPSA) is 41.6 Å². The second-order valence-corrected chi connectivity index (χ2v) is 7.29. The van der Waals surface area contributed by atoms with Gasteiger partial charge in [0.05, 0.1) is 0 Å². The first kappa shape index (κ1) is 19.1. The normalized spacial score (nSPS) is 13.7. The highest BCUT2D eigenvalue weighted by molar-refractivity contribution is 5.92. The van der Waals surface area contributed by atoms with Crippen LogP contribution < -0.4 is 15.0 Å². The summed E-state index contributed by atoms with van der Waals surface area (Å²) in [5, 5.41) is 2.92. The molecule has 148 valence electrons. The summed E-state index contributed by atoms with van der Waals surface area (Å²) >= 11 is 0. The number of benzene rings is 3. The zero-order valence-corrected chi connectivity index (χ0v) is 16.5. The number of para-hydroxylation sites is 1. The van der Waals surface area contributed by atoms with Gasteiger partial charge >= 0.3 is 0 Å². The minimum absolute atomic E-state index is 0.0300. The Balaban J connectivity index is 1.35. The molecule has 4 rings (SSSR count). The number of ether oxygens (including phenoxy) is 1. The Hall–Kier alpha value is -3.27. The molecule has 0 spiro atoms. The van der Waals surface area contributed by atoms with Crippen LogP contribution in [0.5, 0.6) is 5.75 Å². The van der Waals surface area contributed by atoms with E-state index in [0.717, 1.165) is 29.9 Å².